The largest absolute Gasteiger partial charge is 0.373 e. The number of methoxy groups -OCH3 is 1. The first-order chi connectivity index (χ1) is 8.27. The normalized spacial score (nSPS) is 13.4. The zero-order chi connectivity index (χ0) is 13.9. The van der Waals surface area contributed by atoms with Gasteiger partial charge in [-0.2, -0.15) is 0 Å². The molecule has 0 fully saturated rings. The maximum Gasteiger partial charge on any atom is 0.166 e. The van der Waals surface area contributed by atoms with Crippen molar-refractivity contribution >= 4 is 21.7 Å². The first kappa shape index (κ1) is 15.3. The molecule has 0 spiro atoms. The van der Waals surface area contributed by atoms with Crippen LogP contribution in [0.4, 0.5) is 4.39 Å². The van der Waals surface area contributed by atoms with Gasteiger partial charge in [-0.25, -0.2) is 4.39 Å². The highest BCUT2D eigenvalue weighted by Crippen LogP contribution is 2.26. The van der Waals surface area contributed by atoms with Crippen LogP contribution in [0.5, 0.6) is 0 Å². The third-order valence-electron chi connectivity index (χ3n) is 2.71. The lowest BCUT2D eigenvalue weighted by atomic mass is 9.84. The molecule has 1 atom stereocenters. The number of carbonyl (C=O) groups excluding carboxylic acids is 1. The van der Waals surface area contributed by atoms with Crippen LogP contribution < -0.4 is 0 Å². The van der Waals surface area contributed by atoms with Crippen molar-refractivity contribution in [3.05, 3.63) is 34.1 Å². The standard InChI is InChI=1S/C14H18BrFO2/c1-14(2,3)13(18-4)11(17)8-9-6-5-7-10(16)12(9)15/h5-7,13H,8H2,1-4H3. The first-order valence-electron chi connectivity index (χ1n) is 5.75. The average Bonchev–Trinajstić information content (AvgIpc) is 2.23. The van der Waals surface area contributed by atoms with Crippen molar-refractivity contribution in [3.63, 3.8) is 0 Å². The number of rotatable bonds is 4. The van der Waals surface area contributed by atoms with Gasteiger partial charge < -0.3 is 4.74 Å². The van der Waals surface area contributed by atoms with Crippen molar-refractivity contribution in [2.24, 2.45) is 5.41 Å². The van der Waals surface area contributed by atoms with Gasteiger partial charge in [0.15, 0.2) is 5.78 Å². The number of benzene rings is 1. The van der Waals surface area contributed by atoms with Crippen LogP contribution in [0, 0.1) is 11.2 Å². The van der Waals surface area contributed by atoms with Crippen LogP contribution >= 0.6 is 15.9 Å². The van der Waals surface area contributed by atoms with E-state index in [1.807, 2.05) is 20.8 Å². The number of halogens is 2. The van der Waals surface area contributed by atoms with Crippen LogP contribution in [0.3, 0.4) is 0 Å². The average molecular weight is 317 g/mol. The smallest absolute Gasteiger partial charge is 0.166 e. The van der Waals surface area contributed by atoms with Crippen molar-refractivity contribution in [2.75, 3.05) is 7.11 Å². The summed E-state index contributed by atoms with van der Waals surface area (Å²) in [6.07, 6.45) is -0.332. The summed E-state index contributed by atoms with van der Waals surface area (Å²) in [6, 6.07) is 4.69. The van der Waals surface area contributed by atoms with Gasteiger partial charge in [-0.05, 0) is 33.0 Å². The highest BCUT2D eigenvalue weighted by atomic mass is 79.9. The van der Waals surface area contributed by atoms with E-state index < -0.39 is 6.10 Å². The molecule has 1 aromatic rings. The molecule has 0 bridgehead atoms. The Morgan fingerprint density at radius 1 is 1.44 bits per heavy atom. The molecule has 1 aromatic carbocycles. The Balaban J connectivity index is 2.90. The molecule has 0 saturated heterocycles. The molecule has 0 radical (unpaired) electrons. The minimum absolute atomic E-state index is 0.0451. The minimum atomic E-state index is -0.493. The van der Waals surface area contributed by atoms with E-state index in [9.17, 15) is 9.18 Å². The van der Waals surface area contributed by atoms with Crippen LogP contribution in [0.15, 0.2) is 22.7 Å². The summed E-state index contributed by atoms with van der Waals surface area (Å²) in [5.41, 5.74) is 0.373. The number of ether oxygens (including phenoxy) is 1. The summed E-state index contributed by atoms with van der Waals surface area (Å²) >= 11 is 3.16. The molecule has 0 amide bonds. The summed E-state index contributed by atoms with van der Waals surface area (Å²) in [5, 5.41) is 0. The van der Waals surface area contributed by atoms with Gasteiger partial charge in [0.1, 0.15) is 11.9 Å². The molecule has 0 heterocycles. The second kappa shape index (κ2) is 5.93. The molecular weight excluding hydrogens is 299 g/mol. The zero-order valence-corrected chi connectivity index (χ0v) is 12.7. The maximum absolute atomic E-state index is 13.4. The molecule has 2 nitrogen and oxygen atoms in total. The fraction of sp³-hybridized carbons (Fsp3) is 0.500. The molecule has 4 heteroatoms. The molecule has 0 N–H and O–H groups in total. The zero-order valence-electron chi connectivity index (χ0n) is 11.1. The predicted molar refractivity (Wildman–Crippen MR) is 73.1 cm³/mol. The lowest BCUT2D eigenvalue weighted by molar-refractivity contribution is -0.134. The van der Waals surface area contributed by atoms with Crippen LogP contribution in [-0.4, -0.2) is 19.0 Å². The maximum atomic E-state index is 13.4. The van der Waals surface area contributed by atoms with Gasteiger partial charge in [-0.1, -0.05) is 32.9 Å². The van der Waals surface area contributed by atoms with Gasteiger partial charge >= 0.3 is 0 Å². The van der Waals surface area contributed by atoms with Crippen LogP contribution in [0.1, 0.15) is 26.3 Å². The second-order valence-corrected chi connectivity index (χ2v) is 6.13. The number of carbonyl (C=O) groups is 1. The Labute approximate surface area is 116 Å². The molecule has 1 unspecified atom stereocenters. The summed E-state index contributed by atoms with van der Waals surface area (Å²) in [5.74, 6) is -0.402. The molecule has 100 valence electrons. The Morgan fingerprint density at radius 2 is 2.06 bits per heavy atom. The Hall–Kier alpha value is -0.740. The van der Waals surface area contributed by atoms with E-state index in [0.717, 1.165) is 0 Å². The highest BCUT2D eigenvalue weighted by molar-refractivity contribution is 9.10. The Morgan fingerprint density at radius 3 is 2.56 bits per heavy atom. The van der Waals surface area contributed by atoms with Crippen molar-refractivity contribution in [1.82, 2.24) is 0 Å². The summed E-state index contributed by atoms with van der Waals surface area (Å²) < 4.78 is 19.0. The Bertz CT molecular complexity index is 438. The van der Waals surface area contributed by atoms with Gasteiger partial charge in [0.25, 0.3) is 0 Å². The highest BCUT2D eigenvalue weighted by Gasteiger charge is 2.31. The number of ketones is 1. The number of hydrogen-bond donors (Lipinski definition) is 0. The summed E-state index contributed by atoms with van der Waals surface area (Å²) in [4.78, 5) is 12.2. The number of hydrogen-bond acceptors (Lipinski definition) is 2. The number of Topliss-reactive ketones (excluding diaryl/α,β-unsaturated/α-hetero) is 1. The molecule has 0 aromatic heterocycles. The second-order valence-electron chi connectivity index (χ2n) is 5.34. The molecule has 18 heavy (non-hydrogen) atoms. The summed E-state index contributed by atoms with van der Waals surface area (Å²) in [7, 11) is 1.52. The quantitative estimate of drug-likeness (QED) is 0.845. The fourth-order valence-corrected chi connectivity index (χ4v) is 2.34. The van der Waals surface area contributed by atoms with E-state index >= 15 is 0 Å². The van der Waals surface area contributed by atoms with E-state index in [1.165, 1.54) is 13.2 Å². The predicted octanol–water partition coefficient (Wildman–Crippen LogP) is 3.76. The van der Waals surface area contributed by atoms with E-state index in [4.69, 9.17) is 4.74 Å². The van der Waals surface area contributed by atoms with Crippen molar-refractivity contribution < 1.29 is 13.9 Å². The third-order valence-corrected chi connectivity index (χ3v) is 3.60. The summed E-state index contributed by atoms with van der Waals surface area (Å²) in [6.45, 7) is 5.83. The van der Waals surface area contributed by atoms with Crippen molar-refractivity contribution in [1.29, 1.82) is 0 Å². The molecule has 0 saturated carbocycles. The minimum Gasteiger partial charge on any atom is -0.373 e. The molecule has 0 aliphatic carbocycles. The van der Waals surface area contributed by atoms with Crippen molar-refractivity contribution in [2.45, 2.75) is 33.3 Å². The van der Waals surface area contributed by atoms with E-state index in [2.05, 4.69) is 15.9 Å². The molecule has 0 aliphatic heterocycles. The van der Waals surface area contributed by atoms with E-state index in [1.54, 1.807) is 12.1 Å². The first-order valence-corrected chi connectivity index (χ1v) is 6.55. The van der Waals surface area contributed by atoms with Crippen LogP contribution in [0.25, 0.3) is 0 Å². The van der Waals surface area contributed by atoms with E-state index in [-0.39, 0.29) is 23.4 Å². The van der Waals surface area contributed by atoms with Gasteiger partial charge in [-0.15, -0.1) is 0 Å². The van der Waals surface area contributed by atoms with E-state index in [0.29, 0.717) is 10.0 Å². The van der Waals surface area contributed by atoms with Gasteiger partial charge in [0, 0.05) is 13.5 Å². The van der Waals surface area contributed by atoms with Gasteiger partial charge in [0.2, 0.25) is 0 Å². The molecule has 0 aliphatic rings. The lowest BCUT2D eigenvalue weighted by Crippen LogP contribution is -2.37. The third kappa shape index (κ3) is 3.62. The van der Waals surface area contributed by atoms with Gasteiger partial charge in [-0.3, -0.25) is 4.79 Å². The van der Waals surface area contributed by atoms with Crippen LogP contribution in [0.2, 0.25) is 0 Å². The van der Waals surface area contributed by atoms with Gasteiger partial charge in [0.05, 0.1) is 4.47 Å². The SMILES string of the molecule is COC(C(=O)Cc1cccc(F)c1Br)C(C)(C)C. The topological polar surface area (TPSA) is 26.3 Å². The lowest BCUT2D eigenvalue weighted by Gasteiger charge is -2.28. The monoisotopic (exact) mass is 316 g/mol. The molecule has 1 rings (SSSR count). The Kier molecular flexibility index (Phi) is 5.05. The molecular formula is C14H18BrFO2. The fourth-order valence-electron chi connectivity index (χ4n) is 1.93. The van der Waals surface area contributed by atoms with Crippen molar-refractivity contribution in [3.8, 4) is 0 Å². The van der Waals surface area contributed by atoms with Crippen LogP contribution in [-0.2, 0) is 16.0 Å².